The molecule has 0 spiro atoms. The Kier molecular flexibility index (Phi) is 4.01. The number of nitrogens with one attached hydrogen (secondary N) is 1. The van der Waals surface area contributed by atoms with Crippen LogP contribution in [-0.2, 0) is 13.5 Å². The van der Waals surface area contributed by atoms with Gasteiger partial charge in [-0.15, -0.1) is 0 Å². The summed E-state index contributed by atoms with van der Waals surface area (Å²) in [6.45, 7) is 2.71. The Morgan fingerprint density at radius 3 is 2.80 bits per heavy atom. The first-order valence-corrected chi connectivity index (χ1v) is 8.53. The Labute approximate surface area is 145 Å². The quantitative estimate of drug-likeness (QED) is 0.772. The molecule has 0 aliphatic carbocycles. The highest BCUT2D eigenvalue weighted by molar-refractivity contribution is 5.74. The fraction of sp³-hybridized carbons (Fsp3) is 0.389. The number of likely N-dealkylation sites (N-methyl/N-ethyl adjacent to an activating group) is 1. The molecule has 0 bridgehead atoms. The van der Waals surface area contributed by atoms with E-state index >= 15 is 0 Å². The number of hydrogen-bond acceptors (Lipinski definition) is 5. The molecule has 1 unspecified atom stereocenters. The number of nitrogens with zero attached hydrogens (tertiary/aromatic N) is 5. The second-order valence-corrected chi connectivity index (χ2v) is 6.69. The molecule has 4 rings (SSSR count). The van der Waals surface area contributed by atoms with E-state index in [9.17, 15) is 4.79 Å². The Hall–Kier alpha value is -2.67. The Morgan fingerprint density at radius 2 is 2.00 bits per heavy atom. The number of aryl methyl sites for hydroxylation is 1. The van der Waals surface area contributed by atoms with Crippen LogP contribution in [0.2, 0.25) is 0 Å². The highest BCUT2D eigenvalue weighted by Crippen LogP contribution is 2.20. The Morgan fingerprint density at radius 1 is 1.20 bits per heavy atom. The lowest BCUT2D eigenvalue weighted by atomic mass is 10.0. The molecule has 0 amide bonds. The number of fused-ring (bicyclic) bond motifs is 1. The summed E-state index contributed by atoms with van der Waals surface area (Å²) < 4.78 is 1.65. The molecular weight excluding hydrogens is 316 g/mol. The van der Waals surface area contributed by atoms with E-state index in [-0.39, 0.29) is 11.6 Å². The van der Waals surface area contributed by atoms with Crippen LogP contribution in [0, 0.1) is 0 Å². The molecule has 25 heavy (non-hydrogen) atoms. The number of aromatic amines is 1. The van der Waals surface area contributed by atoms with Crippen molar-refractivity contribution in [1.82, 2.24) is 24.6 Å². The maximum absolute atomic E-state index is 12.4. The van der Waals surface area contributed by atoms with E-state index < -0.39 is 0 Å². The topological polar surface area (TPSA) is 70.1 Å². The van der Waals surface area contributed by atoms with E-state index in [0.29, 0.717) is 17.0 Å². The number of benzene rings is 1. The molecule has 7 nitrogen and oxygen atoms in total. The summed E-state index contributed by atoms with van der Waals surface area (Å²) in [5.74, 6) is 0.634. The number of piperazine rings is 1. The van der Waals surface area contributed by atoms with Gasteiger partial charge in [-0.25, -0.2) is 0 Å². The molecular formula is C18H22N6O. The van der Waals surface area contributed by atoms with Gasteiger partial charge in [0.15, 0.2) is 5.65 Å². The predicted octanol–water partition coefficient (Wildman–Crippen LogP) is 1.02. The van der Waals surface area contributed by atoms with Crippen LogP contribution in [0.5, 0.6) is 0 Å². The first-order valence-electron chi connectivity index (χ1n) is 8.53. The number of hydrogen-bond donors (Lipinski definition) is 1. The van der Waals surface area contributed by atoms with Gasteiger partial charge in [-0.3, -0.25) is 14.5 Å². The van der Waals surface area contributed by atoms with E-state index in [1.54, 1.807) is 10.9 Å². The van der Waals surface area contributed by atoms with Gasteiger partial charge < -0.3 is 9.80 Å². The second-order valence-electron chi connectivity index (χ2n) is 6.69. The fourth-order valence-corrected chi connectivity index (χ4v) is 3.51. The van der Waals surface area contributed by atoms with Crippen molar-refractivity contribution in [2.45, 2.75) is 12.5 Å². The zero-order valence-electron chi connectivity index (χ0n) is 14.5. The van der Waals surface area contributed by atoms with Gasteiger partial charge in [0.2, 0.25) is 5.95 Å². The maximum atomic E-state index is 12.4. The van der Waals surface area contributed by atoms with Crippen LogP contribution in [-0.4, -0.2) is 57.4 Å². The smallest absolute Gasteiger partial charge is 0.263 e. The highest BCUT2D eigenvalue weighted by atomic mass is 16.1. The number of H-pyrrole nitrogens is 1. The van der Waals surface area contributed by atoms with E-state index in [1.165, 1.54) is 5.56 Å². The zero-order valence-corrected chi connectivity index (χ0v) is 14.5. The molecule has 7 heteroatoms. The van der Waals surface area contributed by atoms with Crippen molar-refractivity contribution in [1.29, 1.82) is 0 Å². The summed E-state index contributed by atoms with van der Waals surface area (Å²) in [6, 6.07) is 10.7. The van der Waals surface area contributed by atoms with Crippen LogP contribution in [0.4, 0.5) is 5.95 Å². The van der Waals surface area contributed by atoms with Gasteiger partial charge in [-0.1, -0.05) is 30.3 Å². The molecule has 3 aromatic rings. The third kappa shape index (κ3) is 3.02. The van der Waals surface area contributed by atoms with Crippen molar-refractivity contribution in [2.24, 2.45) is 7.05 Å². The van der Waals surface area contributed by atoms with Gasteiger partial charge in [0.1, 0.15) is 5.39 Å². The first kappa shape index (κ1) is 15.8. The average Bonchev–Trinajstić information content (AvgIpc) is 2.98. The van der Waals surface area contributed by atoms with Gasteiger partial charge in [-0.2, -0.15) is 10.1 Å². The summed E-state index contributed by atoms with van der Waals surface area (Å²) in [7, 11) is 3.94. The van der Waals surface area contributed by atoms with E-state index in [2.05, 4.69) is 56.2 Å². The molecule has 1 saturated heterocycles. The summed E-state index contributed by atoms with van der Waals surface area (Å²) in [6.07, 6.45) is 2.48. The minimum Gasteiger partial charge on any atom is -0.336 e. The standard InChI is InChI=1S/C18H22N6O/c1-22-8-9-24(14(12-22)10-13-6-4-3-5-7-13)18-20-16-15(17(25)21-18)11-19-23(16)2/h3-7,11,14H,8-10,12H2,1-2H3,(H,20,21,25). The van der Waals surface area contributed by atoms with Crippen LogP contribution in [0.3, 0.4) is 0 Å². The normalized spacial score (nSPS) is 18.8. The van der Waals surface area contributed by atoms with Crippen LogP contribution in [0.1, 0.15) is 5.56 Å². The van der Waals surface area contributed by atoms with Crippen molar-refractivity contribution in [3.05, 3.63) is 52.4 Å². The lowest BCUT2D eigenvalue weighted by Gasteiger charge is -2.40. The number of aromatic nitrogens is 4. The molecule has 1 atom stereocenters. The molecule has 130 valence electrons. The van der Waals surface area contributed by atoms with E-state index in [4.69, 9.17) is 0 Å². The SMILES string of the molecule is CN1CCN(c2nc3c(cnn3C)c(=O)[nH]2)C(Cc2ccccc2)C1. The van der Waals surface area contributed by atoms with Crippen LogP contribution in [0.15, 0.2) is 41.3 Å². The summed E-state index contributed by atoms with van der Waals surface area (Å²) in [5.41, 5.74) is 1.78. The minimum absolute atomic E-state index is 0.134. The monoisotopic (exact) mass is 338 g/mol. The largest absolute Gasteiger partial charge is 0.336 e. The van der Waals surface area contributed by atoms with Crippen molar-refractivity contribution >= 4 is 17.0 Å². The lowest BCUT2D eigenvalue weighted by molar-refractivity contribution is 0.264. The molecule has 1 aromatic carbocycles. The van der Waals surface area contributed by atoms with E-state index in [1.807, 2.05) is 13.1 Å². The third-order valence-electron chi connectivity index (χ3n) is 4.86. The van der Waals surface area contributed by atoms with Gasteiger partial charge in [0.25, 0.3) is 5.56 Å². The lowest BCUT2D eigenvalue weighted by Crippen LogP contribution is -2.53. The third-order valence-corrected chi connectivity index (χ3v) is 4.86. The number of rotatable bonds is 3. The molecule has 2 aromatic heterocycles. The molecule has 3 heterocycles. The zero-order chi connectivity index (χ0) is 17.4. The first-order chi connectivity index (χ1) is 12.1. The van der Waals surface area contributed by atoms with Gasteiger partial charge in [-0.05, 0) is 19.0 Å². The van der Waals surface area contributed by atoms with E-state index in [0.717, 1.165) is 26.1 Å². The maximum Gasteiger partial charge on any atom is 0.263 e. The second kappa shape index (κ2) is 6.33. The minimum atomic E-state index is -0.134. The average molecular weight is 338 g/mol. The van der Waals surface area contributed by atoms with Crippen molar-refractivity contribution in [2.75, 3.05) is 31.6 Å². The molecule has 1 N–H and O–H groups in total. The Balaban J connectivity index is 1.71. The summed E-state index contributed by atoms with van der Waals surface area (Å²) in [5, 5.41) is 4.68. The molecule has 0 saturated carbocycles. The van der Waals surface area contributed by atoms with Gasteiger partial charge in [0, 0.05) is 32.7 Å². The molecule has 1 fully saturated rings. The highest BCUT2D eigenvalue weighted by Gasteiger charge is 2.27. The van der Waals surface area contributed by atoms with Gasteiger partial charge in [0.05, 0.1) is 6.20 Å². The van der Waals surface area contributed by atoms with Crippen molar-refractivity contribution < 1.29 is 0 Å². The van der Waals surface area contributed by atoms with Crippen LogP contribution in [0.25, 0.3) is 11.0 Å². The molecule has 1 aliphatic heterocycles. The van der Waals surface area contributed by atoms with Crippen LogP contribution < -0.4 is 10.5 Å². The molecule has 1 aliphatic rings. The fourth-order valence-electron chi connectivity index (χ4n) is 3.51. The van der Waals surface area contributed by atoms with Crippen LogP contribution >= 0.6 is 0 Å². The number of anilines is 1. The predicted molar refractivity (Wildman–Crippen MR) is 97.9 cm³/mol. The Bertz CT molecular complexity index is 932. The van der Waals surface area contributed by atoms with Gasteiger partial charge >= 0.3 is 0 Å². The summed E-state index contributed by atoms with van der Waals surface area (Å²) >= 11 is 0. The molecule has 0 radical (unpaired) electrons. The van der Waals surface area contributed by atoms with Crippen molar-refractivity contribution in [3.63, 3.8) is 0 Å². The van der Waals surface area contributed by atoms with Crippen molar-refractivity contribution in [3.8, 4) is 0 Å². The summed E-state index contributed by atoms with van der Waals surface area (Å²) in [4.78, 5) is 24.6.